The molecule has 0 aliphatic carbocycles. The van der Waals surface area contributed by atoms with E-state index in [9.17, 15) is 0 Å². The zero-order chi connectivity index (χ0) is 16.4. The summed E-state index contributed by atoms with van der Waals surface area (Å²) in [6.45, 7) is 8.40. The first-order chi connectivity index (χ1) is 10.9. The van der Waals surface area contributed by atoms with Crippen LogP contribution in [-0.2, 0) is 11.5 Å². The number of fused-ring (bicyclic) bond motifs is 1. The molecule has 1 aromatic carbocycles. The number of nitrogens with one attached hydrogen (secondary N) is 1. The summed E-state index contributed by atoms with van der Waals surface area (Å²) in [7, 11) is -1.03. The maximum atomic E-state index is 5.75. The van der Waals surface area contributed by atoms with Crippen molar-refractivity contribution in [1.29, 1.82) is 0 Å². The Labute approximate surface area is 146 Å². The summed E-state index contributed by atoms with van der Waals surface area (Å²) in [4.78, 5) is 3.31. The molecule has 1 N–H and O–H groups in total. The van der Waals surface area contributed by atoms with E-state index in [1.807, 2.05) is 29.3 Å². The molecule has 23 heavy (non-hydrogen) atoms. The maximum absolute atomic E-state index is 5.75. The van der Waals surface area contributed by atoms with Crippen LogP contribution in [0.25, 0.3) is 22.0 Å². The van der Waals surface area contributed by atoms with Crippen LogP contribution in [-0.4, -0.2) is 29.4 Å². The summed E-state index contributed by atoms with van der Waals surface area (Å²) in [5.74, 6) is 0. The van der Waals surface area contributed by atoms with Gasteiger partial charge in [-0.25, -0.2) is 4.68 Å². The Morgan fingerprint density at radius 2 is 2.13 bits per heavy atom. The number of nitrogens with zero attached hydrogens (tertiary/aromatic N) is 2. The highest BCUT2D eigenvalue weighted by atomic mass is 79.9. The number of aromatic amines is 1. The van der Waals surface area contributed by atoms with E-state index in [0.29, 0.717) is 6.73 Å². The number of H-pyrrole nitrogens is 1. The van der Waals surface area contributed by atoms with Gasteiger partial charge >= 0.3 is 0 Å². The molecule has 0 aliphatic heterocycles. The van der Waals surface area contributed by atoms with Gasteiger partial charge in [-0.1, -0.05) is 35.6 Å². The van der Waals surface area contributed by atoms with Gasteiger partial charge in [-0.15, -0.1) is 0 Å². The number of ether oxygens (including phenoxy) is 1. The SMILES string of the molecule is C[Si](C)(C)CCOCn1cc(-c2c[nH]c3ccc(Br)cc23)cn1. The minimum atomic E-state index is -1.03. The lowest BCUT2D eigenvalue weighted by atomic mass is 10.1. The first kappa shape index (κ1) is 16.5. The molecule has 0 unspecified atom stereocenters. The highest BCUT2D eigenvalue weighted by molar-refractivity contribution is 9.10. The Morgan fingerprint density at radius 1 is 1.30 bits per heavy atom. The van der Waals surface area contributed by atoms with Gasteiger partial charge in [-0.3, -0.25) is 0 Å². The summed E-state index contributed by atoms with van der Waals surface area (Å²) < 4.78 is 8.69. The molecule has 4 nitrogen and oxygen atoms in total. The number of aromatic nitrogens is 3. The van der Waals surface area contributed by atoms with Gasteiger partial charge in [0, 0.05) is 53.6 Å². The van der Waals surface area contributed by atoms with Crippen LogP contribution >= 0.6 is 15.9 Å². The highest BCUT2D eigenvalue weighted by Crippen LogP contribution is 2.30. The quantitative estimate of drug-likeness (QED) is 0.468. The van der Waals surface area contributed by atoms with Crippen molar-refractivity contribution in [3.05, 3.63) is 41.3 Å². The molecule has 2 heterocycles. The van der Waals surface area contributed by atoms with Gasteiger partial charge in [0.2, 0.25) is 0 Å². The second-order valence-corrected chi connectivity index (χ2v) is 13.5. The smallest absolute Gasteiger partial charge is 0.139 e. The summed E-state index contributed by atoms with van der Waals surface area (Å²) >= 11 is 3.54. The van der Waals surface area contributed by atoms with Crippen molar-refractivity contribution in [3.63, 3.8) is 0 Å². The Bertz CT molecular complexity index is 804. The van der Waals surface area contributed by atoms with Gasteiger partial charge in [0.15, 0.2) is 0 Å². The molecule has 0 radical (unpaired) electrons. The minimum Gasteiger partial charge on any atom is -0.361 e. The zero-order valence-electron chi connectivity index (χ0n) is 13.8. The van der Waals surface area contributed by atoms with Crippen molar-refractivity contribution in [2.45, 2.75) is 32.4 Å². The fourth-order valence-corrected chi connectivity index (χ4v) is 3.56. The Balaban J connectivity index is 1.70. The molecule has 3 rings (SSSR count). The lowest BCUT2D eigenvalue weighted by Crippen LogP contribution is -2.22. The van der Waals surface area contributed by atoms with E-state index in [4.69, 9.17) is 4.74 Å². The molecule has 0 atom stereocenters. The average molecular weight is 392 g/mol. The largest absolute Gasteiger partial charge is 0.361 e. The van der Waals surface area contributed by atoms with Crippen LogP contribution in [0.2, 0.25) is 25.7 Å². The van der Waals surface area contributed by atoms with Crippen molar-refractivity contribution in [1.82, 2.24) is 14.8 Å². The lowest BCUT2D eigenvalue weighted by Gasteiger charge is -2.15. The van der Waals surface area contributed by atoms with E-state index in [1.54, 1.807) is 0 Å². The van der Waals surface area contributed by atoms with Gasteiger partial charge in [0.1, 0.15) is 6.73 Å². The zero-order valence-corrected chi connectivity index (χ0v) is 16.4. The molecule has 0 saturated heterocycles. The molecule has 0 bridgehead atoms. The molecule has 0 amide bonds. The van der Waals surface area contributed by atoms with Gasteiger partial charge in [-0.2, -0.15) is 5.10 Å². The van der Waals surface area contributed by atoms with Gasteiger partial charge in [0.05, 0.1) is 6.20 Å². The summed E-state index contributed by atoms with van der Waals surface area (Å²) in [6, 6.07) is 7.42. The second-order valence-electron chi connectivity index (χ2n) is 7.01. The topological polar surface area (TPSA) is 42.8 Å². The molecule has 3 aromatic rings. The van der Waals surface area contributed by atoms with E-state index in [1.165, 1.54) is 11.4 Å². The molecule has 0 fully saturated rings. The standard InChI is InChI=1S/C17H22BrN3OSi/c1-23(2,3)7-6-22-12-21-11-13(9-20-21)16-10-19-17-5-4-14(18)8-15(16)17/h4-5,8-11,19H,6-7,12H2,1-3H3. The number of hydrogen-bond donors (Lipinski definition) is 1. The summed E-state index contributed by atoms with van der Waals surface area (Å²) in [5.41, 5.74) is 3.39. The van der Waals surface area contributed by atoms with E-state index in [0.717, 1.165) is 27.7 Å². The van der Waals surface area contributed by atoms with Crippen molar-refractivity contribution in [2.24, 2.45) is 0 Å². The molecular formula is C17H22BrN3OSi. The Hall–Kier alpha value is -1.37. The molecule has 0 aliphatic rings. The van der Waals surface area contributed by atoms with Crippen molar-refractivity contribution >= 4 is 34.9 Å². The average Bonchev–Trinajstić information content (AvgIpc) is 3.08. The van der Waals surface area contributed by atoms with E-state index in [-0.39, 0.29) is 0 Å². The van der Waals surface area contributed by atoms with Crippen LogP contribution in [0.3, 0.4) is 0 Å². The van der Waals surface area contributed by atoms with E-state index >= 15 is 0 Å². The highest BCUT2D eigenvalue weighted by Gasteiger charge is 2.12. The van der Waals surface area contributed by atoms with Crippen LogP contribution in [0.4, 0.5) is 0 Å². The van der Waals surface area contributed by atoms with Crippen molar-refractivity contribution in [3.8, 4) is 11.1 Å². The maximum Gasteiger partial charge on any atom is 0.139 e. The first-order valence-electron chi connectivity index (χ1n) is 7.80. The van der Waals surface area contributed by atoms with Crippen LogP contribution < -0.4 is 0 Å². The molecule has 2 aromatic heterocycles. The van der Waals surface area contributed by atoms with Crippen molar-refractivity contribution in [2.75, 3.05) is 6.61 Å². The molecule has 6 heteroatoms. The predicted octanol–water partition coefficient (Wildman–Crippen LogP) is 5.11. The van der Waals surface area contributed by atoms with Crippen LogP contribution in [0.1, 0.15) is 0 Å². The number of rotatable bonds is 6. The second kappa shape index (κ2) is 6.63. The monoisotopic (exact) mass is 391 g/mol. The molecule has 0 spiro atoms. The van der Waals surface area contributed by atoms with Crippen LogP contribution in [0.15, 0.2) is 41.3 Å². The number of hydrogen-bond acceptors (Lipinski definition) is 2. The third kappa shape index (κ3) is 4.13. The molecule has 122 valence electrons. The molecule has 0 saturated carbocycles. The number of halogens is 1. The Kier molecular flexibility index (Phi) is 4.75. The normalized spacial score (nSPS) is 12.2. The molecular weight excluding hydrogens is 370 g/mol. The minimum absolute atomic E-state index is 0.510. The first-order valence-corrected chi connectivity index (χ1v) is 12.3. The van der Waals surface area contributed by atoms with E-state index < -0.39 is 8.07 Å². The van der Waals surface area contributed by atoms with E-state index in [2.05, 4.69) is 57.8 Å². The summed E-state index contributed by atoms with van der Waals surface area (Å²) in [6.07, 6.45) is 5.97. The lowest BCUT2D eigenvalue weighted by molar-refractivity contribution is 0.0786. The van der Waals surface area contributed by atoms with Crippen molar-refractivity contribution < 1.29 is 4.74 Å². The Morgan fingerprint density at radius 3 is 2.91 bits per heavy atom. The number of benzene rings is 1. The fourth-order valence-electron chi connectivity index (χ4n) is 2.44. The van der Waals surface area contributed by atoms with Gasteiger partial charge < -0.3 is 9.72 Å². The summed E-state index contributed by atoms with van der Waals surface area (Å²) in [5, 5.41) is 5.61. The van der Waals surface area contributed by atoms with Gasteiger partial charge in [0.25, 0.3) is 0 Å². The predicted molar refractivity (Wildman–Crippen MR) is 101 cm³/mol. The van der Waals surface area contributed by atoms with Crippen LogP contribution in [0, 0.1) is 0 Å². The third-order valence-corrected chi connectivity index (χ3v) is 6.01. The van der Waals surface area contributed by atoms with Crippen LogP contribution in [0.5, 0.6) is 0 Å². The van der Waals surface area contributed by atoms with Gasteiger partial charge in [-0.05, 0) is 24.2 Å². The third-order valence-electron chi connectivity index (χ3n) is 3.81. The fraction of sp³-hybridized carbons (Fsp3) is 0.353.